The van der Waals surface area contributed by atoms with Gasteiger partial charge in [0.25, 0.3) is 5.56 Å². The van der Waals surface area contributed by atoms with Crippen molar-refractivity contribution in [1.82, 2.24) is 9.38 Å². The summed E-state index contributed by atoms with van der Waals surface area (Å²) in [7, 11) is 0. The summed E-state index contributed by atoms with van der Waals surface area (Å²) in [6.07, 6.45) is 3.97. The lowest BCUT2D eigenvalue weighted by Crippen LogP contribution is -2.26. The molecule has 5 nitrogen and oxygen atoms in total. The van der Waals surface area contributed by atoms with Gasteiger partial charge in [-0.3, -0.25) is 9.69 Å². The number of fused-ring (bicyclic) bond motifs is 4. The molecule has 32 heavy (non-hydrogen) atoms. The second kappa shape index (κ2) is 7.35. The fraction of sp³-hybridized carbons (Fsp3) is 0.0769. The number of nitrogens with zero attached hydrogens (tertiary/aromatic N) is 4. The molecule has 0 atom stereocenters. The number of hydrogen-bond acceptors (Lipinski definition) is 5. The molecule has 0 amide bonds. The molecule has 3 aromatic carbocycles. The molecule has 0 aliphatic carbocycles. The molecule has 2 aromatic heterocycles. The molecule has 0 radical (unpaired) electrons. The zero-order valence-electron chi connectivity index (χ0n) is 17.5. The third-order valence-electron chi connectivity index (χ3n) is 5.78. The maximum atomic E-state index is 13.2. The number of para-hydroxylation sites is 5. The summed E-state index contributed by atoms with van der Waals surface area (Å²) < 4.78 is 2.38. The van der Waals surface area contributed by atoms with Crippen LogP contribution in [-0.4, -0.2) is 15.9 Å². The molecule has 0 bridgehead atoms. The first-order valence-corrected chi connectivity index (χ1v) is 11.4. The van der Waals surface area contributed by atoms with Crippen molar-refractivity contribution in [3.8, 4) is 0 Å². The van der Waals surface area contributed by atoms with Crippen molar-refractivity contribution in [2.45, 2.75) is 6.92 Å². The molecule has 0 unspecified atom stereocenters. The number of aromatic nitrogens is 2. The summed E-state index contributed by atoms with van der Waals surface area (Å²) in [6, 6.07) is 26.5. The third kappa shape index (κ3) is 2.77. The standard InChI is InChI=1S/C26H20N4OS/c1-2-28-21-14-8-9-15-22(21)29(18-10-4-3-5-11-18)24(28)17-16-23-25(31)30-20-13-7-6-12-19(20)27-26(30)32-23/h3-17H,2H2,1H3/b23-16-,24-17-. The van der Waals surface area contributed by atoms with Crippen LogP contribution in [-0.2, 0) is 0 Å². The molecule has 0 spiro atoms. The van der Waals surface area contributed by atoms with Gasteiger partial charge in [0.1, 0.15) is 5.82 Å². The lowest BCUT2D eigenvalue weighted by molar-refractivity contribution is 0.963. The molecule has 6 heteroatoms. The minimum atomic E-state index is -0.0274. The number of allylic oxidation sites excluding steroid dienone is 1. The highest BCUT2D eigenvalue weighted by Crippen LogP contribution is 2.45. The van der Waals surface area contributed by atoms with Gasteiger partial charge in [-0.05, 0) is 55.5 Å². The van der Waals surface area contributed by atoms with E-state index in [-0.39, 0.29) is 5.56 Å². The maximum absolute atomic E-state index is 13.2. The molecule has 0 N–H and O–H groups in total. The van der Waals surface area contributed by atoms with Gasteiger partial charge in [-0.1, -0.05) is 53.8 Å². The van der Waals surface area contributed by atoms with Gasteiger partial charge in [0, 0.05) is 12.2 Å². The molecule has 1 aliphatic rings. The van der Waals surface area contributed by atoms with Crippen molar-refractivity contribution in [2.75, 3.05) is 16.3 Å². The van der Waals surface area contributed by atoms with Gasteiger partial charge in [-0.2, -0.15) is 0 Å². The van der Waals surface area contributed by atoms with E-state index in [2.05, 4.69) is 58.1 Å². The van der Waals surface area contributed by atoms with Crippen LogP contribution in [0.2, 0.25) is 0 Å². The van der Waals surface area contributed by atoms with Gasteiger partial charge in [-0.25, -0.2) is 9.38 Å². The Morgan fingerprint density at radius 2 is 1.59 bits per heavy atom. The fourth-order valence-electron chi connectivity index (χ4n) is 4.37. The number of hydrogen-bond donors (Lipinski definition) is 0. The highest BCUT2D eigenvalue weighted by Gasteiger charge is 2.30. The highest BCUT2D eigenvalue weighted by atomic mass is 32.1. The van der Waals surface area contributed by atoms with E-state index < -0.39 is 0 Å². The van der Waals surface area contributed by atoms with Gasteiger partial charge >= 0.3 is 0 Å². The Balaban J connectivity index is 1.54. The first-order chi connectivity index (χ1) is 15.8. The van der Waals surface area contributed by atoms with E-state index in [4.69, 9.17) is 0 Å². The van der Waals surface area contributed by atoms with Crippen LogP contribution in [0.3, 0.4) is 0 Å². The number of rotatable bonds is 3. The minimum absolute atomic E-state index is 0.0274. The van der Waals surface area contributed by atoms with Gasteiger partial charge in [0.15, 0.2) is 4.96 Å². The minimum Gasteiger partial charge on any atom is -0.326 e. The molecule has 0 fully saturated rings. The summed E-state index contributed by atoms with van der Waals surface area (Å²) in [5.41, 5.74) is 5.05. The van der Waals surface area contributed by atoms with Crippen LogP contribution in [0.5, 0.6) is 0 Å². The van der Waals surface area contributed by atoms with Crippen LogP contribution in [0, 0.1) is 0 Å². The largest absolute Gasteiger partial charge is 0.326 e. The van der Waals surface area contributed by atoms with Gasteiger partial charge in [0.05, 0.1) is 26.9 Å². The van der Waals surface area contributed by atoms with Crippen molar-refractivity contribution < 1.29 is 0 Å². The van der Waals surface area contributed by atoms with E-state index in [1.807, 2.05) is 54.6 Å². The Labute approximate surface area is 188 Å². The van der Waals surface area contributed by atoms with E-state index in [9.17, 15) is 4.79 Å². The van der Waals surface area contributed by atoms with Crippen LogP contribution in [0.1, 0.15) is 6.92 Å². The number of anilines is 3. The van der Waals surface area contributed by atoms with Gasteiger partial charge in [-0.15, -0.1) is 0 Å². The zero-order chi connectivity index (χ0) is 21.7. The van der Waals surface area contributed by atoms with E-state index >= 15 is 0 Å². The Hall–Kier alpha value is -3.90. The van der Waals surface area contributed by atoms with E-state index in [0.29, 0.717) is 4.53 Å². The molecule has 5 aromatic rings. The summed E-state index contributed by atoms with van der Waals surface area (Å²) in [5, 5.41) is 0. The molecular weight excluding hydrogens is 416 g/mol. The third-order valence-corrected chi connectivity index (χ3v) is 6.77. The Morgan fingerprint density at radius 1 is 0.875 bits per heavy atom. The lowest BCUT2D eigenvalue weighted by atomic mass is 10.2. The first-order valence-electron chi connectivity index (χ1n) is 10.6. The fourth-order valence-corrected chi connectivity index (χ4v) is 5.30. The predicted octanol–water partition coefficient (Wildman–Crippen LogP) is 4.93. The normalized spacial score (nSPS) is 15.4. The van der Waals surface area contributed by atoms with Gasteiger partial charge < -0.3 is 4.90 Å². The maximum Gasteiger partial charge on any atom is 0.274 e. The summed E-state index contributed by atoms with van der Waals surface area (Å²) >= 11 is 1.42. The topological polar surface area (TPSA) is 40.9 Å². The van der Waals surface area contributed by atoms with Crippen LogP contribution >= 0.6 is 11.3 Å². The smallest absolute Gasteiger partial charge is 0.274 e. The average Bonchev–Trinajstić information content (AvgIpc) is 3.46. The van der Waals surface area contributed by atoms with E-state index in [0.717, 1.165) is 45.4 Å². The highest BCUT2D eigenvalue weighted by molar-refractivity contribution is 7.15. The molecule has 3 heterocycles. The second-order valence-electron chi connectivity index (χ2n) is 7.59. The molecule has 0 saturated heterocycles. The summed E-state index contributed by atoms with van der Waals surface area (Å²) in [6.45, 7) is 2.96. The first kappa shape index (κ1) is 18.8. The Bertz CT molecular complexity index is 1600. The number of thiazole rings is 1. The average molecular weight is 437 g/mol. The molecule has 156 valence electrons. The van der Waals surface area contributed by atoms with Crippen molar-refractivity contribution in [2.24, 2.45) is 0 Å². The molecular formula is C26H20N4OS. The van der Waals surface area contributed by atoms with Crippen LogP contribution in [0.25, 0.3) is 22.1 Å². The van der Waals surface area contributed by atoms with Crippen molar-refractivity contribution in [1.29, 1.82) is 0 Å². The lowest BCUT2D eigenvalue weighted by Gasteiger charge is -2.24. The molecule has 0 saturated carbocycles. The Kier molecular flexibility index (Phi) is 4.33. The van der Waals surface area contributed by atoms with Crippen molar-refractivity contribution >= 4 is 50.5 Å². The molecule has 6 rings (SSSR count). The van der Waals surface area contributed by atoms with Gasteiger partial charge in [0.2, 0.25) is 0 Å². The predicted molar refractivity (Wildman–Crippen MR) is 133 cm³/mol. The number of benzene rings is 3. The summed E-state index contributed by atoms with van der Waals surface area (Å²) in [5.74, 6) is 1.02. The van der Waals surface area contributed by atoms with Crippen LogP contribution < -0.4 is 19.9 Å². The monoisotopic (exact) mass is 436 g/mol. The zero-order valence-corrected chi connectivity index (χ0v) is 18.3. The molecule has 1 aliphatic heterocycles. The van der Waals surface area contributed by atoms with Crippen LogP contribution in [0.4, 0.5) is 17.1 Å². The second-order valence-corrected chi connectivity index (χ2v) is 8.59. The quantitative estimate of drug-likeness (QED) is 0.402. The van der Waals surface area contributed by atoms with Crippen LogP contribution in [0.15, 0.2) is 95.6 Å². The van der Waals surface area contributed by atoms with E-state index in [1.54, 1.807) is 4.40 Å². The summed E-state index contributed by atoms with van der Waals surface area (Å²) in [4.78, 5) is 23.0. The number of imidazole rings is 1. The Morgan fingerprint density at radius 3 is 2.41 bits per heavy atom. The van der Waals surface area contributed by atoms with Crippen molar-refractivity contribution in [3.05, 3.63) is 106 Å². The SMILES string of the molecule is CCN1/C(=C/C=c2\sc3nc4ccccc4n3c2=O)N(c2ccccc2)c2ccccc21. The van der Waals surface area contributed by atoms with Crippen molar-refractivity contribution in [3.63, 3.8) is 0 Å². The van der Waals surface area contributed by atoms with E-state index in [1.165, 1.54) is 11.3 Å².